The molecule has 236 valence electrons. The summed E-state index contributed by atoms with van der Waals surface area (Å²) in [6.07, 6.45) is -0.825. The number of nitrogens with one attached hydrogen (secondary N) is 5. The van der Waals surface area contributed by atoms with Crippen molar-refractivity contribution in [1.82, 2.24) is 26.6 Å². The summed E-state index contributed by atoms with van der Waals surface area (Å²) in [6, 6.07) is 3.07. The molecule has 0 aliphatic rings. The predicted molar refractivity (Wildman–Crippen MR) is 148 cm³/mol. The van der Waals surface area contributed by atoms with Crippen molar-refractivity contribution in [3.8, 4) is 0 Å². The Labute approximate surface area is 246 Å². The molecule has 43 heavy (non-hydrogen) atoms. The zero-order valence-electron chi connectivity index (χ0n) is 23.2. The second-order valence-corrected chi connectivity index (χ2v) is 9.29. The van der Waals surface area contributed by atoms with Crippen molar-refractivity contribution in [3.05, 3.63) is 35.9 Å². The zero-order valence-corrected chi connectivity index (χ0v) is 23.2. The Hall–Kier alpha value is -5.10. The standard InChI is InChI=1S/C25H37N9O9/c26-14(6-7-18(27)36)23(41)31-10-20(38)30-11-21(39)32-17(12-35)25(43)34-16(9-19(28)37)24(42)33-15(22(29)40)8-13-4-2-1-3-5-13/h1-5,14-17,35H,6-12,26H2,(H2,27,36)(H2,28,37)(H2,29,40)(H,30,38)(H,31,41)(H,32,39)(H,33,42)(H,34,43)/t14-,15-,16-,17-/m0/s1. The van der Waals surface area contributed by atoms with Gasteiger partial charge >= 0.3 is 0 Å². The van der Waals surface area contributed by atoms with Crippen molar-refractivity contribution >= 4 is 47.3 Å². The van der Waals surface area contributed by atoms with Crippen LogP contribution in [0.2, 0.25) is 0 Å². The van der Waals surface area contributed by atoms with Crippen LogP contribution in [0.3, 0.4) is 0 Å². The quantitative estimate of drug-likeness (QED) is 0.0709. The van der Waals surface area contributed by atoms with E-state index in [0.717, 1.165) is 0 Å². The molecule has 0 saturated heterocycles. The third-order valence-corrected chi connectivity index (χ3v) is 5.72. The number of carbonyl (C=O) groups excluding carboxylic acids is 8. The molecule has 1 aromatic rings. The van der Waals surface area contributed by atoms with Gasteiger partial charge in [0.1, 0.15) is 18.1 Å². The largest absolute Gasteiger partial charge is 0.394 e. The lowest BCUT2D eigenvalue weighted by Crippen LogP contribution is -2.58. The molecule has 0 heterocycles. The lowest BCUT2D eigenvalue weighted by molar-refractivity contribution is -0.135. The number of benzene rings is 1. The number of rotatable bonds is 19. The van der Waals surface area contributed by atoms with Crippen molar-refractivity contribution in [2.24, 2.45) is 22.9 Å². The average molecular weight is 608 g/mol. The van der Waals surface area contributed by atoms with Crippen LogP contribution in [-0.4, -0.2) is 96.2 Å². The number of hydrogen-bond donors (Lipinski definition) is 10. The highest BCUT2D eigenvalue weighted by molar-refractivity contribution is 5.97. The van der Waals surface area contributed by atoms with Gasteiger partial charge in [-0.1, -0.05) is 30.3 Å². The van der Waals surface area contributed by atoms with Crippen molar-refractivity contribution in [2.45, 2.75) is 49.9 Å². The first kappa shape index (κ1) is 35.9. The fourth-order valence-electron chi connectivity index (χ4n) is 3.44. The molecule has 0 fully saturated rings. The monoisotopic (exact) mass is 607 g/mol. The number of carbonyl (C=O) groups is 8. The van der Waals surface area contributed by atoms with E-state index in [1.165, 1.54) is 0 Å². The smallest absolute Gasteiger partial charge is 0.245 e. The molecule has 8 amide bonds. The first-order valence-corrected chi connectivity index (χ1v) is 12.9. The van der Waals surface area contributed by atoms with Gasteiger partial charge in [-0.25, -0.2) is 0 Å². The van der Waals surface area contributed by atoms with Gasteiger partial charge in [0.25, 0.3) is 0 Å². The second kappa shape index (κ2) is 18.4. The van der Waals surface area contributed by atoms with Gasteiger partial charge in [-0.2, -0.15) is 0 Å². The molecule has 0 aliphatic carbocycles. The predicted octanol–water partition coefficient (Wildman–Crippen LogP) is -6.14. The number of amides is 8. The lowest BCUT2D eigenvalue weighted by Gasteiger charge is -2.23. The van der Waals surface area contributed by atoms with Crippen molar-refractivity contribution in [2.75, 3.05) is 19.7 Å². The van der Waals surface area contributed by atoms with Crippen molar-refractivity contribution < 1.29 is 43.5 Å². The Kier molecular flexibility index (Phi) is 15.3. The van der Waals surface area contributed by atoms with Crippen LogP contribution in [0.15, 0.2) is 30.3 Å². The molecular weight excluding hydrogens is 570 g/mol. The molecule has 0 bridgehead atoms. The Balaban J connectivity index is 2.68. The Morgan fingerprint density at radius 1 is 0.698 bits per heavy atom. The van der Waals surface area contributed by atoms with Crippen molar-refractivity contribution in [3.63, 3.8) is 0 Å². The van der Waals surface area contributed by atoms with E-state index in [1.54, 1.807) is 30.3 Å². The molecule has 0 radical (unpaired) electrons. The summed E-state index contributed by atoms with van der Waals surface area (Å²) in [5.74, 6) is -7.02. The Morgan fingerprint density at radius 2 is 1.28 bits per heavy atom. The zero-order chi connectivity index (χ0) is 32.5. The van der Waals surface area contributed by atoms with E-state index in [4.69, 9.17) is 22.9 Å². The Bertz CT molecular complexity index is 1180. The normalized spacial score (nSPS) is 13.3. The minimum Gasteiger partial charge on any atom is -0.394 e. The van der Waals surface area contributed by atoms with Crippen LogP contribution in [0.1, 0.15) is 24.8 Å². The summed E-state index contributed by atoms with van der Waals surface area (Å²) >= 11 is 0. The third kappa shape index (κ3) is 14.4. The van der Waals surface area contributed by atoms with Crippen molar-refractivity contribution in [1.29, 1.82) is 0 Å². The highest BCUT2D eigenvalue weighted by Crippen LogP contribution is 2.04. The number of hydrogen-bond acceptors (Lipinski definition) is 10. The van der Waals surface area contributed by atoms with E-state index in [2.05, 4.69) is 26.6 Å². The molecule has 0 aromatic heterocycles. The maximum Gasteiger partial charge on any atom is 0.245 e. The van der Waals surface area contributed by atoms with E-state index in [0.29, 0.717) is 5.56 Å². The summed E-state index contributed by atoms with van der Waals surface area (Å²) in [5, 5.41) is 20.7. The van der Waals surface area contributed by atoms with Crippen LogP contribution >= 0.6 is 0 Å². The Morgan fingerprint density at radius 3 is 1.84 bits per heavy atom. The van der Waals surface area contributed by atoms with Gasteiger partial charge in [-0.15, -0.1) is 0 Å². The van der Waals surface area contributed by atoms with Gasteiger partial charge in [0.2, 0.25) is 47.3 Å². The van der Waals surface area contributed by atoms with Gasteiger partial charge in [-0.05, 0) is 12.0 Å². The molecule has 18 heteroatoms. The minimum absolute atomic E-state index is 0.0198. The molecule has 18 nitrogen and oxygen atoms in total. The van der Waals surface area contributed by atoms with Gasteiger partial charge in [-0.3, -0.25) is 38.4 Å². The molecule has 0 aliphatic heterocycles. The molecule has 1 aromatic carbocycles. The molecular formula is C25H37N9O9. The second-order valence-electron chi connectivity index (χ2n) is 9.29. The lowest BCUT2D eigenvalue weighted by atomic mass is 10.0. The van der Waals surface area contributed by atoms with Crippen LogP contribution in [0.4, 0.5) is 0 Å². The summed E-state index contributed by atoms with van der Waals surface area (Å²) < 4.78 is 0. The highest BCUT2D eigenvalue weighted by atomic mass is 16.3. The summed E-state index contributed by atoms with van der Waals surface area (Å²) in [6.45, 7) is -2.16. The number of nitrogens with two attached hydrogens (primary N) is 4. The molecule has 14 N–H and O–H groups in total. The maximum absolute atomic E-state index is 12.9. The molecule has 4 atom stereocenters. The van der Waals surface area contributed by atoms with E-state index < -0.39 is 97.5 Å². The number of aliphatic hydroxyl groups is 1. The molecule has 0 spiro atoms. The topological polar surface area (TPSA) is 321 Å². The first-order valence-electron chi connectivity index (χ1n) is 12.9. The van der Waals surface area contributed by atoms with E-state index in [-0.39, 0.29) is 19.3 Å². The molecule has 0 unspecified atom stereocenters. The summed E-state index contributed by atoms with van der Waals surface area (Å²) in [4.78, 5) is 95.8. The summed E-state index contributed by atoms with van der Waals surface area (Å²) in [5.41, 5.74) is 21.8. The van der Waals surface area contributed by atoms with Crippen LogP contribution in [-0.2, 0) is 44.8 Å². The number of aliphatic hydroxyl groups excluding tert-OH is 1. The van der Waals surface area contributed by atoms with Gasteiger partial charge in [0, 0.05) is 12.8 Å². The number of primary amides is 3. The fourth-order valence-corrected chi connectivity index (χ4v) is 3.44. The first-order chi connectivity index (χ1) is 20.2. The van der Waals surface area contributed by atoms with E-state index >= 15 is 0 Å². The maximum atomic E-state index is 12.9. The highest BCUT2D eigenvalue weighted by Gasteiger charge is 2.30. The van der Waals surface area contributed by atoms with Crippen LogP contribution in [0, 0.1) is 0 Å². The van der Waals surface area contributed by atoms with E-state index in [9.17, 15) is 43.5 Å². The molecule has 1 rings (SSSR count). The average Bonchev–Trinajstić information content (AvgIpc) is 2.95. The van der Waals surface area contributed by atoms with Crippen LogP contribution in [0.5, 0.6) is 0 Å². The SMILES string of the molecule is NC(=O)CC[C@H](N)C(=O)NCC(=O)NCC(=O)N[C@@H](CO)C(=O)N[C@@H](CC(N)=O)C(=O)N[C@@H](Cc1ccccc1)C(N)=O. The fraction of sp³-hybridized carbons (Fsp3) is 0.440. The van der Waals surface area contributed by atoms with E-state index in [1.807, 2.05) is 0 Å². The third-order valence-electron chi connectivity index (χ3n) is 5.72. The van der Waals surface area contributed by atoms with Gasteiger partial charge in [0.05, 0.1) is 32.2 Å². The minimum atomic E-state index is -1.62. The van der Waals surface area contributed by atoms with Gasteiger partial charge < -0.3 is 54.6 Å². The molecule has 0 saturated carbocycles. The van der Waals surface area contributed by atoms with Crippen LogP contribution < -0.4 is 49.5 Å². The van der Waals surface area contributed by atoms with Gasteiger partial charge in [0.15, 0.2) is 0 Å². The van der Waals surface area contributed by atoms with Crippen LogP contribution in [0.25, 0.3) is 0 Å². The summed E-state index contributed by atoms with van der Waals surface area (Å²) in [7, 11) is 0.